The molecule has 2 aromatic heterocycles. The Balaban J connectivity index is 1.58. The molecule has 0 unspecified atom stereocenters. The highest BCUT2D eigenvalue weighted by Gasteiger charge is 2.07. The Morgan fingerprint density at radius 3 is 2.65 bits per heavy atom. The van der Waals surface area contributed by atoms with Gasteiger partial charge < -0.3 is 15.2 Å². The van der Waals surface area contributed by atoms with E-state index < -0.39 is 0 Å². The van der Waals surface area contributed by atoms with E-state index in [1.165, 1.54) is 15.2 Å². The van der Waals surface area contributed by atoms with Crippen LogP contribution in [-0.2, 0) is 11.3 Å². The van der Waals surface area contributed by atoms with Gasteiger partial charge >= 0.3 is 0 Å². The Hall–Kier alpha value is -3.68. The highest BCUT2D eigenvalue weighted by Crippen LogP contribution is 2.09. The Labute approximate surface area is 148 Å². The van der Waals surface area contributed by atoms with Gasteiger partial charge in [0.15, 0.2) is 0 Å². The van der Waals surface area contributed by atoms with Crippen LogP contribution >= 0.6 is 0 Å². The number of hydrogen-bond donors (Lipinski definition) is 2. The first-order valence-electron chi connectivity index (χ1n) is 7.93. The molecule has 0 saturated carbocycles. The van der Waals surface area contributed by atoms with Crippen LogP contribution in [0.25, 0.3) is 5.52 Å². The second-order valence-corrected chi connectivity index (χ2v) is 5.48. The van der Waals surface area contributed by atoms with Gasteiger partial charge in [-0.15, -0.1) is 0 Å². The SMILES string of the molecule is C=CC(=O)Nc1ccc(C(=O)NCCn2ccn3nccc3c2=O)cc1. The van der Waals surface area contributed by atoms with Crippen LogP contribution in [-0.4, -0.2) is 32.5 Å². The molecule has 0 aliphatic rings. The van der Waals surface area contributed by atoms with Crippen LogP contribution in [0, 0.1) is 0 Å². The molecule has 0 bridgehead atoms. The third-order valence-corrected chi connectivity index (χ3v) is 3.78. The van der Waals surface area contributed by atoms with Crippen molar-refractivity contribution in [2.45, 2.75) is 6.54 Å². The smallest absolute Gasteiger partial charge is 0.276 e. The van der Waals surface area contributed by atoms with Crippen LogP contribution < -0.4 is 16.2 Å². The van der Waals surface area contributed by atoms with Gasteiger partial charge in [-0.3, -0.25) is 14.4 Å². The van der Waals surface area contributed by atoms with E-state index in [1.807, 2.05) is 0 Å². The first-order chi connectivity index (χ1) is 12.6. The largest absolute Gasteiger partial charge is 0.350 e. The Morgan fingerprint density at radius 2 is 1.92 bits per heavy atom. The molecule has 2 heterocycles. The average Bonchev–Trinajstić information content (AvgIpc) is 3.13. The highest BCUT2D eigenvalue weighted by molar-refractivity contribution is 5.99. The van der Waals surface area contributed by atoms with Gasteiger partial charge in [0.1, 0.15) is 5.52 Å². The molecular formula is C18H17N5O3. The number of amides is 2. The predicted octanol–water partition coefficient (Wildman–Crippen LogP) is 1.05. The summed E-state index contributed by atoms with van der Waals surface area (Å²) >= 11 is 0. The Morgan fingerprint density at radius 1 is 1.15 bits per heavy atom. The molecule has 8 nitrogen and oxygen atoms in total. The Kier molecular flexibility index (Phi) is 4.93. The monoisotopic (exact) mass is 351 g/mol. The van der Waals surface area contributed by atoms with Crippen molar-refractivity contribution in [3.63, 3.8) is 0 Å². The van der Waals surface area contributed by atoms with Crippen molar-refractivity contribution in [2.75, 3.05) is 11.9 Å². The van der Waals surface area contributed by atoms with Crippen LogP contribution in [0.3, 0.4) is 0 Å². The van der Waals surface area contributed by atoms with Crippen molar-refractivity contribution < 1.29 is 9.59 Å². The summed E-state index contributed by atoms with van der Waals surface area (Å²) in [6, 6.07) is 8.13. The number of carbonyl (C=O) groups excluding carboxylic acids is 2. The topological polar surface area (TPSA) is 97.5 Å². The molecule has 0 atom stereocenters. The summed E-state index contributed by atoms with van der Waals surface area (Å²) < 4.78 is 3.02. The number of fused-ring (bicyclic) bond motifs is 1. The number of nitrogens with zero attached hydrogens (tertiary/aromatic N) is 3. The van der Waals surface area contributed by atoms with Crippen LogP contribution in [0.1, 0.15) is 10.4 Å². The molecule has 0 fully saturated rings. The molecule has 2 N–H and O–H groups in total. The first kappa shape index (κ1) is 17.2. The molecule has 0 aliphatic heterocycles. The van der Waals surface area contributed by atoms with Crippen molar-refractivity contribution in [2.24, 2.45) is 0 Å². The van der Waals surface area contributed by atoms with Crippen molar-refractivity contribution >= 4 is 23.0 Å². The predicted molar refractivity (Wildman–Crippen MR) is 97.1 cm³/mol. The number of aromatic nitrogens is 3. The van der Waals surface area contributed by atoms with Gasteiger partial charge in [-0.25, -0.2) is 4.52 Å². The van der Waals surface area contributed by atoms with Gasteiger partial charge in [-0.2, -0.15) is 5.10 Å². The summed E-state index contributed by atoms with van der Waals surface area (Å²) in [6.07, 6.45) is 6.05. The van der Waals surface area contributed by atoms with Crippen LogP contribution in [0.15, 0.2) is 66.4 Å². The maximum Gasteiger partial charge on any atom is 0.276 e. The summed E-state index contributed by atoms with van der Waals surface area (Å²) in [4.78, 5) is 35.6. The van der Waals surface area contributed by atoms with Gasteiger partial charge in [0.2, 0.25) is 5.91 Å². The zero-order chi connectivity index (χ0) is 18.5. The standard InChI is InChI=1S/C18H17N5O3/c1-2-16(24)21-14-5-3-13(4-6-14)17(25)19-9-10-22-11-12-23-15(18(22)26)7-8-20-23/h2-8,11-12H,1,9-10H2,(H,19,25)(H,21,24). The Bertz CT molecular complexity index is 1020. The van der Waals surface area contributed by atoms with Gasteiger partial charge in [0.05, 0.1) is 6.20 Å². The molecule has 2 amide bonds. The van der Waals surface area contributed by atoms with Crippen molar-refractivity contribution in [3.8, 4) is 0 Å². The second kappa shape index (κ2) is 7.47. The summed E-state index contributed by atoms with van der Waals surface area (Å²) in [5, 5.41) is 9.37. The van der Waals surface area contributed by atoms with E-state index in [0.29, 0.717) is 29.9 Å². The molecule has 0 aliphatic carbocycles. The van der Waals surface area contributed by atoms with Crippen molar-refractivity contribution in [3.05, 3.63) is 77.5 Å². The molecule has 0 spiro atoms. The number of rotatable bonds is 6. The summed E-state index contributed by atoms with van der Waals surface area (Å²) in [5.41, 5.74) is 1.35. The van der Waals surface area contributed by atoms with E-state index in [0.717, 1.165) is 0 Å². The third kappa shape index (κ3) is 3.69. The molecule has 26 heavy (non-hydrogen) atoms. The normalized spacial score (nSPS) is 10.5. The molecule has 0 saturated heterocycles. The maximum atomic E-state index is 12.2. The summed E-state index contributed by atoms with van der Waals surface area (Å²) in [7, 11) is 0. The van der Waals surface area contributed by atoms with Crippen LogP contribution in [0.5, 0.6) is 0 Å². The third-order valence-electron chi connectivity index (χ3n) is 3.78. The average molecular weight is 351 g/mol. The molecule has 132 valence electrons. The lowest BCUT2D eigenvalue weighted by atomic mass is 10.2. The van der Waals surface area contributed by atoms with Gasteiger partial charge in [0, 0.05) is 36.7 Å². The molecular weight excluding hydrogens is 334 g/mol. The van der Waals surface area contributed by atoms with Crippen molar-refractivity contribution in [1.29, 1.82) is 0 Å². The minimum atomic E-state index is -0.317. The molecule has 1 aromatic carbocycles. The first-order valence-corrected chi connectivity index (χ1v) is 7.93. The lowest BCUT2D eigenvalue weighted by Crippen LogP contribution is -2.31. The fraction of sp³-hybridized carbons (Fsp3) is 0.111. The minimum absolute atomic E-state index is 0.165. The fourth-order valence-electron chi connectivity index (χ4n) is 2.43. The zero-order valence-corrected chi connectivity index (χ0v) is 13.9. The minimum Gasteiger partial charge on any atom is -0.350 e. The highest BCUT2D eigenvalue weighted by atomic mass is 16.2. The number of anilines is 1. The number of carbonyl (C=O) groups is 2. The second-order valence-electron chi connectivity index (χ2n) is 5.48. The molecule has 3 rings (SSSR count). The number of hydrogen-bond acceptors (Lipinski definition) is 4. The van der Waals surface area contributed by atoms with Gasteiger partial charge in [-0.1, -0.05) is 6.58 Å². The number of nitrogens with one attached hydrogen (secondary N) is 2. The van der Waals surface area contributed by atoms with E-state index in [1.54, 1.807) is 48.9 Å². The lowest BCUT2D eigenvalue weighted by Gasteiger charge is -2.09. The molecule has 0 radical (unpaired) electrons. The quantitative estimate of drug-likeness (QED) is 0.649. The lowest BCUT2D eigenvalue weighted by molar-refractivity contribution is -0.111. The van der Waals surface area contributed by atoms with E-state index in [-0.39, 0.29) is 17.4 Å². The van der Waals surface area contributed by atoms with E-state index in [2.05, 4.69) is 22.3 Å². The van der Waals surface area contributed by atoms with E-state index in [9.17, 15) is 14.4 Å². The van der Waals surface area contributed by atoms with Crippen LogP contribution in [0.4, 0.5) is 5.69 Å². The van der Waals surface area contributed by atoms with Crippen LogP contribution in [0.2, 0.25) is 0 Å². The van der Waals surface area contributed by atoms with Gasteiger partial charge in [0.25, 0.3) is 11.5 Å². The fourth-order valence-corrected chi connectivity index (χ4v) is 2.43. The van der Waals surface area contributed by atoms with E-state index in [4.69, 9.17) is 0 Å². The van der Waals surface area contributed by atoms with E-state index >= 15 is 0 Å². The van der Waals surface area contributed by atoms with Crippen molar-refractivity contribution in [1.82, 2.24) is 19.5 Å². The molecule has 3 aromatic rings. The summed E-state index contributed by atoms with van der Waals surface area (Å²) in [5.74, 6) is -0.576. The molecule has 8 heteroatoms. The maximum absolute atomic E-state index is 12.2. The zero-order valence-electron chi connectivity index (χ0n) is 13.9. The number of benzene rings is 1. The summed E-state index contributed by atoms with van der Waals surface area (Å²) in [6.45, 7) is 4.03. The van der Waals surface area contributed by atoms with Gasteiger partial charge in [-0.05, 0) is 36.4 Å².